The Morgan fingerprint density at radius 3 is 3.00 bits per heavy atom. The molecule has 0 radical (unpaired) electrons. The van der Waals surface area contributed by atoms with Crippen LogP contribution in [0, 0.1) is 5.92 Å². The van der Waals surface area contributed by atoms with Gasteiger partial charge in [-0.1, -0.05) is 19.1 Å². The van der Waals surface area contributed by atoms with E-state index in [9.17, 15) is 5.11 Å². The number of phenolic OH excluding ortho intramolecular Hbond substituents is 1. The standard InChI is InChI=1S/C15H24N2O2/c1-3-17-8-7-12(11-17)9-16-10-13-5-4-6-14(19-2)15(13)18/h4-6,12,16,18H,3,7-11H2,1-2H3. The molecule has 0 amide bonds. The summed E-state index contributed by atoms with van der Waals surface area (Å²) < 4.78 is 5.11. The third-order valence-electron chi connectivity index (χ3n) is 3.87. The molecule has 1 aliphatic rings. The van der Waals surface area contributed by atoms with Crippen LogP contribution < -0.4 is 10.1 Å². The van der Waals surface area contributed by atoms with Crippen molar-refractivity contribution in [3.63, 3.8) is 0 Å². The van der Waals surface area contributed by atoms with Crippen molar-refractivity contribution < 1.29 is 9.84 Å². The number of nitrogens with zero attached hydrogens (tertiary/aromatic N) is 1. The number of likely N-dealkylation sites (tertiary alicyclic amines) is 1. The summed E-state index contributed by atoms with van der Waals surface area (Å²) in [6, 6.07) is 5.61. The van der Waals surface area contributed by atoms with Crippen LogP contribution in [0.1, 0.15) is 18.9 Å². The molecule has 1 unspecified atom stereocenters. The summed E-state index contributed by atoms with van der Waals surface area (Å²) in [5, 5.41) is 13.4. The molecule has 0 bridgehead atoms. The highest BCUT2D eigenvalue weighted by Crippen LogP contribution is 2.29. The second-order valence-electron chi connectivity index (χ2n) is 5.15. The van der Waals surface area contributed by atoms with Gasteiger partial charge in [-0.15, -0.1) is 0 Å². The Labute approximate surface area is 115 Å². The number of methoxy groups -OCH3 is 1. The monoisotopic (exact) mass is 264 g/mol. The Morgan fingerprint density at radius 2 is 2.32 bits per heavy atom. The Morgan fingerprint density at radius 1 is 1.47 bits per heavy atom. The number of benzene rings is 1. The lowest BCUT2D eigenvalue weighted by Gasteiger charge is -2.14. The molecular formula is C15H24N2O2. The maximum absolute atomic E-state index is 9.99. The molecule has 4 heteroatoms. The Kier molecular flexibility index (Phi) is 5.05. The molecule has 4 nitrogen and oxygen atoms in total. The summed E-state index contributed by atoms with van der Waals surface area (Å²) in [6.07, 6.45) is 1.27. The van der Waals surface area contributed by atoms with Crippen molar-refractivity contribution in [2.45, 2.75) is 19.9 Å². The molecule has 1 saturated heterocycles. The molecule has 0 spiro atoms. The predicted molar refractivity (Wildman–Crippen MR) is 76.6 cm³/mol. The van der Waals surface area contributed by atoms with Gasteiger partial charge in [0.05, 0.1) is 7.11 Å². The van der Waals surface area contributed by atoms with Crippen LogP contribution in [0.4, 0.5) is 0 Å². The van der Waals surface area contributed by atoms with Gasteiger partial charge in [0.2, 0.25) is 0 Å². The van der Waals surface area contributed by atoms with Crippen LogP contribution in [0.25, 0.3) is 0 Å². The van der Waals surface area contributed by atoms with Crippen molar-refractivity contribution in [3.05, 3.63) is 23.8 Å². The smallest absolute Gasteiger partial charge is 0.162 e. The van der Waals surface area contributed by atoms with Crippen LogP contribution in [-0.4, -0.2) is 43.3 Å². The zero-order valence-electron chi connectivity index (χ0n) is 11.9. The summed E-state index contributed by atoms with van der Waals surface area (Å²) in [7, 11) is 1.57. The van der Waals surface area contributed by atoms with E-state index in [-0.39, 0.29) is 5.75 Å². The molecular weight excluding hydrogens is 240 g/mol. The van der Waals surface area contributed by atoms with Gasteiger partial charge in [0.25, 0.3) is 0 Å². The van der Waals surface area contributed by atoms with E-state index in [1.165, 1.54) is 19.5 Å². The van der Waals surface area contributed by atoms with Gasteiger partial charge in [-0.05, 0) is 38.0 Å². The lowest BCUT2D eigenvalue weighted by molar-refractivity contribution is 0.338. The molecule has 0 saturated carbocycles. The third kappa shape index (κ3) is 3.61. The fourth-order valence-electron chi connectivity index (χ4n) is 2.65. The first kappa shape index (κ1) is 14.2. The van der Waals surface area contributed by atoms with E-state index >= 15 is 0 Å². The van der Waals surface area contributed by atoms with Crippen LogP contribution >= 0.6 is 0 Å². The highest BCUT2D eigenvalue weighted by Gasteiger charge is 2.20. The summed E-state index contributed by atoms with van der Waals surface area (Å²) >= 11 is 0. The van der Waals surface area contributed by atoms with E-state index in [1.807, 2.05) is 12.1 Å². The van der Waals surface area contributed by atoms with Gasteiger partial charge in [-0.3, -0.25) is 0 Å². The van der Waals surface area contributed by atoms with Gasteiger partial charge in [0.1, 0.15) is 0 Å². The van der Waals surface area contributed by atoms with Crippen LogP contribution in [0.5, 0.6) is 11.5 Å². The first-order valence-electron chi connectivity index (χ1n) is 7.02. The number of hydrogen-bond acceptors (Lipinski definition) is 4. The van der Waals surface area contributed by atoms with Gasteiger partial charge in [-0.2, -0.15) is 0 Å². The van der Waals surface area contributed by atoms with Crippen molar-refractivity contribution in [1.82, 2.24) is 10.2 Å². The molecule has 19 heavy (non-hydrogen) atoms. The molecule has 0 aliphatic carbocycles. The fraction of sp³-hybridized carbons (Fsp3) is 0.600. The molecule has 1 aliphatic heterocycles. The Hall–Kier alpha value is -1.26. The molecule has 1 atom stereocenters. The predicted octanol–water partition coefficient (Wildman–Crippen LogP) is 1.83. The summed E-state index contributed by atoms with van der Waals surface area (Å²) in [5.74, 6) is 1.52. The minimum Gasteiger partial charge on any atom is -0.504 e. The van der Waals surface area contributed by atoms with Crippen LogP contribution in [0.15, 0.2) is 18.2 Å². The topological polar surface area (TPSA) is 44.7 Å². The van der Waals surface area contributed by atoms with Crippen molar-refractivity contribution in [2.75, 3.05) is 33.3 Å². The number of aromatic hydroxyl groups is 1. The lowest BCUT2D eigenvalue weighted by atomic mass is 10.1. The molecule has 2 rings (SSSR count). The highest BCUT2D eigenvalue weighted by molar-refractivity contribution is 5.45. The van der Waals surface area contributed by atoms with Gasteiger partial charge < -0.3 is 20.1 Å². The van der Waals surface area contributed by atoms with Crippen molar-refractivity contribution in [1.29, 1.82) is 0 Å². The van der Waals surface area contributed by atoms with Gasteiger partial charge >= 0.3 is 0 Å². The minimum atomic E-state index is 0.249. The highest BCUT2D eigenvalue weighted by atomic mass is 16.5. The Bertz CT molecular complexity index is 409. The number of hydrogen-bond donors (Lipinski definition) is 2. The van der Waals surface area contributed by atoms with E-state index < -0.39 is 0 Å². The average Bonchev–Trinajstić information content (AvgIpc) is 2.89. The molecule has 1 heterocycles. The quantitative estimate of drug-likeness (QED) is 0.823. The minimum absolute atomic E-state index is 0.249. The van der Waals surface area contributed by atoms with Crippen molar-refractivity contribution in [2.24, 2.45) is 5.92 Å². The largest absolute Gasteiger partial charge is 0.504 e. The third-order valence-corrected chi connectivity index (χ3v) is 3.87. The summed E-state index contributed by atoms with van der Waals surface area (Å²) in [4.78, 5) is 2.48. The summed E-state index contributed by atoms with van der Waals surface area (Å²) in [6.45, 7) is 7.46. The first-order valence-corrected chi connectivity index (χ1v) is 7.02. The fourth-order valence-corrected chi connectivity index (χ4v) is 2.65. The van der Waals surface area contributed by atoms with E-state index in [0.29, 0.717) is 12.3 Å². The van der Waals surface area contributed by atoms with Crippen molar-refractivity contribution in [3.8, 4) is 11.5 Å². The number of para-hydroxylation sites is 1. The maximum Gasteiger partial charge on any atom is 0.162 e. The first-order chi connectivity index (χ1) is 9.24. The molecule has 2 N–H and O–H groups in total. The molecule has 0 aromatic heterocycles. The van der Waals surface area contributed by atoms with Crippen LogP contribution in [0.3, 0.4) is 0 Å². The molecule has 1 aromatic carbocycles. The number of phenols is 1. The second kappa shape index (κ2) is 6.78. The van der Waals surface area contributed by atoms with Gasteiger partial charge in [0, 0.05) is 18.7 Å². The molecule has 106 valence electrons. The van der Waals surface area contributed by atoms with Gasteiger partial charge in [-0.25, -0.2) is 0 Å². The van der Waals surface area contributed by atoms with E-state index in [0.717, 1.165) is 24.6 Å². The second-order valence-corrected chi connectivity index (χ2v) is 5.15. The SMILES string of the molecule is CCN1CCC(CNCc2cccc(OC)c2O)C1. The normalized spacial score (nSPS) is 19.8. The number of ether oxygens (including phenoxy) is 1. The van der Waals surface area contributed by atoms with Gasteiger partial charge in [0.15, 0.2) is 11.5 Å². The zero-order valence-corrected chi connectivity index (χ0v) is 11.9. The summed E-state index contributed by atoms with van der Waals surface area (Å²) in [5.41, 5.74) is 0.893. The Balaban J connectivity index is 1.80. The van der Waals surface area contributed by atoms with E-state index in [1.54, 1.807) is 13.2 Å². The van der Waals surface area contributed by atoms with E-state index in [2.05, 4.69) is 17.1 Å². The number of rotatable bonds is 6. The molecule has 1 fully saturated rings. The average molecular weight is 264 g/mol. The molecule has 1 aromatic rings. The van der Waals surface area contributed by atoms with Crippen LogP contribution in [0.2, 0.25) is 0 Å². The van der Waals surface area contributed by atoms with Crippen LogP contribution in [-0.2, 0) is 6.54 Å². The maximum atomic E-state index is 9.99. The number of nitrogens with one attached hydrogen (secondary N) is 1. The van der Waals surface area contributed by atoms with E-state index in [4.69, 9.17) is 4.74 Å². The van der Waals surface area contributed by atoms with Crippen molar-refractivity contribution >= 4 is 0 Å². The lowest BCUT2D eigenvalue weighted by Crippen LogP contribution is -2.26. The zero-order chi connectivity index (χ0) is 13.7.